The largest absolute Gasteiger partial charge is 0.490 e. The number of rotatable bonds is 2. The summed E-state index contributed by atoms with van der Waals surface area (Å²) < 4.78 is 7.09. The highest BCUT2D eigenvalue weighted by atomic mass is 32.1. The Bertz CT molecular complexity index is 990. The summed E-state index contributed by atoms with van der Waals surface area (Å²) in [7, 11) is 0. The highest BCUT2D eigenvalue weighted by molar-refractivity contribution is 7.12. The Balaban J connectivity index is 1.51. The van der Waals surface area contributed by atoms with Gasteiger partial charge >= 0.3 is 5.69 Å². The summed E-state index contributed by atoms with van der Waals surface area (Å²) in [6, 6.07) is 9.85. The van der Waals surface area contributed by atoms with Gasteiger partial charge in [-0.15, -0.1) is 11.3 Å². The summed E-state index contributed by atoms with van der Waals surface area (Å²) in [5.41, 5.74) is 1.71. The molecule has 3 aromatic rings. The second-order valence-electron chi connectivity index (χ2n) is 5.29. The third-order valence-corrected chi connectivity index (χ3v) is 4.58. The van der Waals surface area contributed by atoms with Crippen molar-refractivity contribution in [3.8, 4) is 17.6 Å². The summed E-state index contributed by atoms with van der Waals surface area (Å²) in [5, 5.41) is 9.41. The van der Waals surface area contributed by atoms with Gasteiger partial charge in [0.05, 0.1) is 17.1 Å². The van der Waals surface area contributed by atoms with Crippen LogP contribution in [0.25, 0.3) is 0 Å². The normalized spacial score (nSPS) is 12.5. The number of hydrogen-bond donors (Lipinski definition) is 2. The van der Waals surface area contributed by atoms with Gasteiger partial charge in [0.2, 0.25) is 0 Å². The fourth-order valence-electron chi connectivity index (χ4n) is 2.43. The minimum Gasteiger partial charge on any atom is -0.490 e. The van der Waals surface area contributed by atoms with Crippen LogP contribution in [0.1, 0.15) is 15.3 Å². The zero-order valence-corrected chi connectivity index (χ0v) is 13.5. The van der Waals surface area contributed by atoms with E-state index in [1.807, 2.05) is 30.3 Å². The number of anilines is 1. The minimum absolute atomic E-state index is 0.209. The zero-order chi connectivity index (χ0) is 16.4. The van der Waals surface area contributed by atoms with Gasteiger partial charge in [-0.1, -0.05) is 11.8 Å². The van der Waals surface area contributed by atoms with Crippen molar-refractivity contribution in [3.63, 3.8) is 0 Å². The Morgan fingerprint density at radius 3 is 3.12 bits per heavy atom. The van der Waals surface area contributed by atoms with Gasteiger partial charge in [0.15, 0.2) is 0 Å². The van der Waals surface area contributed by atoms with E-state index in [1.54, 1.807) is 11.3 Å². The molecule has 24 heavy (non-hydrogen) atoms. The van der Waals surface area contributed by atoms with Crippen LogP contribution in [0.15, 0.2) is 41.5 Å². The molecule has 0 aliphatic carbocycles. The summed E-state index contributed by atoms with van der Waals surface area (Å²) in [6.07, 6.45) is 1.50. The molecular formula is C17H14N4O2S. The maximum atomic E-state index is 11.5. The first-order valence-corrected chi connectivity index (χ1v) is 8.31. The Hall–Kier alpha value is -2.98. The van der Waals surface area contributed by atoms with Crippen LogP contribution in [-0.4, -0.2) is 27.9 Å². The van der Waals surface area contributed by atoms with E-state index < -0.39 is 0 Å². The highest BCUT2D eigenvalue weighted by Crippen LogP contribution is 2.27. The predicted molar refractivity (Wildman–Crippen MR) is 92.7 cm³/mol. The summed E-state index contributed by atoms with van der Waals surface area (Å²) in [6.45, 7) is 2.00. The molecule has 0 saturated carbocycles. The van der Waals surface area contributed by atoms with E-state index >= 15 is 0 Å². The molecule has 0 unspecified atom stereocenters. The third-order valence-electron chi connectivity index (χ3n) is 3.59. The smallest absolute Gasteiger partial charge is 0.343 e. The second kappa shape index (κ2) is 6.26. The number of aromatic nitrogens is 3. The van der Waals surface area contributed by atoms with Crippen molar-refractivity contribution < 1.29 is 4.74 Å². The summed E-state index contributed by atoms with van der Waals surface area (Å²) in [4.78, 5) is 13.5. The van der Waals surface area contributed by atoms with Crippen molar-refractivity contribution in [2.24, 2.45) is 0 Å². The van der Waals surface area contributed by atoms with E-state index in [1.165, 1.54) is 10.9 Å². The summed E-state index contributed by atoms with van der Waals surface area (Å²) in [5.74, 6) is 7.21. The molecule has 6 nitrogen and oxygen atoms in total. The monoisotopic (exact) mass is 338 g/mol. The first kappa shape index (κ1) is 14.6. The van der Waals surface area contributed by atoms with Crippen LogP contribution >= 0.6 is 11.3 Å². The van der Waals surface area contributed by atoms with Crippen LogP contribution in [0.2, 0.25) is 0 Å². The molecule has 0 fully saturated rings. The Morgan fingerprint density at radius 1 is 1.29 bits per heavy atom. The number of nitrogens with one attached hydrogen (secondary N) is 2. The predicted octanol–water partition coefficient (Wildman–Crippen LogP) is 1.89. The molecule has 1 aliphatic rings. The SMILES string of the molecule is O=c1[nH]ncn1Cc1ccc(C#Cc2ccc3c(c2)NCCO3)s1. The van der Waals surface area contributed by atoms with Crippen LogP contribution in [-0.2, 0) is 6.54 Å². The van der Waals surface area contributed by atoms with Gasteiger partial charge in [0, 0.05) is 17.0 Å². The second-order valence-corrected chi connectivity index (χ2v) is 6.46. The van der Waals surface area contributed by atoms with Crippen molar-refractivity contribution in [2.75, 3.05) is 18.5 Å². The molecule has 0 bridgehead atoms. The first-order chi connectivity index (χ1) is 11.8. The molecule has 1 aliphatic heterocycles. The molecule has 3 heterocycles. The van der Waals surface area contributed by atoms with Gasteiger partial charge in [0.1, 0.15) is 18.7 Å². The zero-order valence-electron chi connectivity index (χ0n) is 12.7. The number of hydrogen-bond acceptors (Lipinski definition) is 5. The minimum atomic E-state index is -0.209. The molecule has 2 N–H and O–H groups in total. The van der Waals surface area contributed by atoms with Crippen LogP contribution < -0.4 is 15.7 Å². The molecule has 0 saturated heterocycles. The average molecular weight is 338 g/mol. The molecule has 120 valence electrons. The average Bonchev–Trinajstić information content (AvgIpc) is 3.22. The van der Waals surface area contributed by atoms with Gasteiger partial charge in [-0.05, 0) is 30.3 Å². The number of aromatic amines is 1. The fraction of sp³-hybridized carbons (Fsp3) is 0.176. The van der Waals surface area contributed by atoms with Crippen molar-refractivity contribution >= 4 is 17.0 Å². The molecule has 0 amide bonds. The lowest BCUT2D eigenvalue weighted by atomic mass is 10.1. The number of ether oxygens (including phenoxy) is 1. The molecule has 2 aromatic heterocycles. The van der Waals surface area contributed by atoms with Crippen LogP contribution in [0.3, 0.4) is 0 Å². The topological polar surface area (TPSA) is 71.9 Å². The lowest BCUT2D eigenvalue weighted by molar-refractivity contribution is 0.323. The standard InChI is InChI=1S/C17H14N4O2S/c22-17-20-19-11-21(17)10-14-5-4-13(24-14)3-1-12-2-6-16-15(9-12)18-7-8-23-16/h2,4-6,9,11,18H,7-8,10H2,(H,20,22). The van der Waals surface area contributed by atoms with Crippen molar-refractivity contribution in [3.05, 3.63) is 62.5 Å². The Kier molecular flexibility index (Phi) is 3.81. The van der Waals surface area contributed by atoms with Crippen molar-refractivity contribution in [1.29, 1.82) is 0 Å². The Morgan fingerprint density at radius 2 is 2.25 bits per heavy atom. The van der Waals surface area contributed by atoms with Crippen LogP contribution in [0.5, 0.6) is 5.75 Å². The number of nitrogens with zero attached hydrogens (tertiary/aromatic N) is 2. The van der Waals surface area contributed by atoms with E-state index in [0.29, 0.717) is 13.2 Å². The lowest BCUT2D eigenvalue weighted by Crippen LogP contribution is -2.17. The van der Waals surface area contributed by atoms with Crippen LogP contribution in [0, 0.1) is 11.8 Å². The summed E-state index contributed by atoms with van der Waals surface area (Å²) >= 11 is 1.57. The van der Waals surface area contributed by atoms with E-state index in [9.17, 15) is 4.79 Å². The van der Waals surface area contributed by atoms with Crippen molar-refractivity contribution in [1.82, 2.24) is 14.8 Å². The highest BCUT2D eigenvalue weighted by Gasteiger charge is 2.08. The number of benzene rings is 1. The maximum Gasteiger partial charge on any atom is 0.343 e. The van der Waals surface area contributed by atoms with E-state index in [0.717, 1.165) is 33.3 Å². The lowest BCUT2D eigenvalue weighted by Gasteiger charge is -2.18. The van der Waals surface area contributed by atoms with Gasteiger partial charge in [-0.25, -0.2) is 9.89 Å². The molecule has 1 aromatic carbocycles. The fourth-order valence-corrected chi connectivity index (χ4v) is 3.29. The molecule has 0 atom stereocenters. The molecular weight excluding hydrogens is 324 g/mol. The quantitative estimate of drug-likeness (QED) is 0.700. The maximum absolute atomic E-state index is 11.5. The van der Waals surface area contributed by atoms with Gasteiger partial charge in [-0.2, -0.15) is 5.10 Å². The number of fused-ring (bicyclic) bond motifs is 1. The molecule has 4 rings (SSSR count). The van der Waals surface area contributed by atoms with Gasteiger partial charge in [0.25, 0.3) is 0 Å². The molecule has 0 radical (unpaired) electrons. The van der Waals surface area contributed by atoms with E-state index in [4.69, 9.17) is 4.74 Å². The van der Waals surface area contributed by atoms with E-state index in [-0.39, 0.29) is 5.69 Å². The molecule has 7 heteroatoms. The Labute approximate surface area is 142 Å². The molecule has 0 spiro atoms. The number of H-pyrrole nitrogens is 1. The third kappa shape index (κ3) is 3.05. The van der Waals surface area contributed by atoms with E-state index in [2.05, 4.69) is 27.4 Å². The van der Waals surface area contributed by atoms with Crippen LogP contribution in [0.4, 0.5) is 5.69 Å². The van der Waals surface area contributed by atoms with Gasteiger partial charge in [-0.3, -0.25) is 4.57 Å². The number of thiophene rings is 1. The van der Waals surface area contributed by atoms with Gasteiger partial charge < -0.3 is 10.1 Å². The first-order valence-electron chi connectivity index (χ1n) is 7.49. The van der Waals surface area contributed by atoms with Crippen molar-refractivity contribution in [2.45, 2.75) is 6.54 Å².